The maximum absolute atomic E-state index is 13.9. The van der Waals surface area contributed by atoms with Crippen LogP contribution in [0.1, 0.15) is 36.6 Å². The van der Waals surface area contributed by atoms with Gasteiger partial charge < -0.3 is 14.2 Å². The third-order valence-corrected chi connectivity index (χ3v) is 8.93. The Morgan fingerprint density at radius 3 is 2.56 bits per heavy atom. The maximum atomic E-state index is 13.9. The Labute approximate surface area is 268 Å². The highest BCUT2D eigenvalue weighted by Gasteiger charge is 2.33. The van der Waals surface area contributed by atoms with Crippen LogP contribution in [0.2, 0.25) is 10.0 Å². The van der Waals surface area contributed by atoms with Gasteiger partial charge in [0.05, 0.1) is 50.1 Å². The van der Waals surface area contributed by atoms with Crippen molar-refractivity contribution in [1.29, 1.82) is 0 Å². The van der Waals surface area contributed by atoms with Crippen LogP contribution >= 0.6 is 50.5 Å². The zero-order valence-corrected chi connectivity index (χ0v) is 27.0. The molecule has 43 heavy (non-hydrogen) atoms. The second kappa shape index (κ2) is 13.1. The average molecular weight is 706 g/mol. The van der Waals surface area contributed by atoms with Gasteiger partial charge in [0.2, 0.25) is 0 Å². The van der Waals surface area contributed by atoms with Crippen LogP contribution in [0.5, 0.6) is 11.5 Å². The number of nitrogens with zero attached hydrogens (tertiary/aromatic N) is 2. The molecule has 0 bridgehead atoms. The highest BCUT2D eigenvalue weighted by molar-refractivity contribution is 9.10. The smallest absolute Gasteiger partial charge is 0.338 e. The summed E-state index contributed by atoms with van der Waals surface area (Å²) < 4.78 is 33.2. The van der Waals surface area contributed by atoms with E-state index in [4.69, 9.17) is 37.4 Å². The topological polar surface area (TPSA) is 79.1 Å². The Balaban J connectivity index is 1.56. The molecule has 5 rings (SSSR count). The van der Waals surface area contributed by atoms with Crippen molar-refractivity contribution in [2.45, 2.75) is 26.5 Å². The molecule has 0 saturated heterocycles. The quantitative estimate of drug-likeness (QED) is 0.193. The molecule has 2 heterocycles. The number of thiazole rings is 1. The number of carbonyl (C=O) groups excluding carboxylic acids is 1. The van der Waals surface area contributed by atoms with Gasteiger partial charge in [-0.05, 0) is 88.9 Å². The number of hydrogen-bond acceptors (Lipinski definition) is 7. The van der Waals surface area contributed by atoms with Gasteiger partial charge >= 0.3 is 5.97 Å². The summed E-state index contributed by atoms with van der Waals surface area (Å²) in [6, 6.07) is 13.6. The van der Waals surface area contributed by atoms with Crippen LogP contribution in [0, 0.1) is 5.82 Å². The summed E-state index contributed by atoms with van der Waals surface area (Å²) in [6.07, 6.45) is 1.71. The van der Waals surface area contributed by atoms with Crippen molar-refractivity contribution in [2.75, 3.05) is 13.7 Å². The van der Waals surface area contributed by atoms with E-state index in [0.29, 0.717) is 52.2 Å². The predicted octanol–water partition coefficient (Wildman–Crippen LogP) is 6.59. The van der Waals surface area contributed by atoms with E-state index in [1.165, 1.54) is 35.1 Å². The fourth-order valence-corrected chi connectivity index (χ4v) is 6.59. The molecule has 7 nitrogen and oxygen atoms in total. The Bertz CT molecular complexity index is 1940. The molecule has 0 fully saturated rings. The number of hydrogen-bond donors (Lipinski definition) is 0. The van der Waals surface area contributed by atoms with E-state index < -0.39 is 17.8 Å². The van der Waals surface area contributed by atoms with Crippen molar-refractivity contribution in [3.05, 3.63) is 123 Å². The van der Waals surface area contributed by atoms with Gasteiger partial charge in [-0.3, -0.25) is 9.36 Å². The minimum atomic E-state index is -0.837. The number of methoxy groups -OCH3 is 1. The molecule has 0 radical (unpaired) electrons. The molecule has 3 aromatic carbocycles. The second-order valence-electron chi connectivity index (χ2n) is 9.43. The van der Waals surface area contributed by atoms with Crippen molar-refractivity contribution >= 4 is 62.5 Å². The summed E-state index contributed by atoms with van der Waals surface area (Å²) in [5.41, 5.74) is 2.33. The molecule has 0 spiro atoms. The SMILES string of the molecule is CCOC(=O)C1=C(C)N=c2s/c(=C\c3cc(Br)c(OCc4ccc(Cl)c(Cl)c4)c(OC)c3)c(=O)n2[C@H]1c1ccc(F)cc1. The summed E-state index contributed by atoms with van der Waals surface area (Å²) >= 11 is 16.9. The Morgan fingerprint density at radius 1 is 1.14 bits per heavy atom. The van der Waals surface area contributed by atoms with E-state index in [9.17, 15) is 14.0 Å². The lowest BCUT2D eigenvalue weighted by atomic mass is 9.96. The molecular weight excluding hydrogens is 682 g/mol. The van der Waals surface area contributed by atoms with Crippen molar-refractivity contribution < 1.29 is 23.4 Å². The van der Waals surface area contributed by atoms with E-state index in [1.54, 1.807) is 56.3 Å². The van der Waals surface area contributed by atoms with Crippen molar-refractivity contribution in [1.82, 2.24) is 4.57 Å². The molecule has 4 aromatic rings. The third kappa shape index (κ3) is 6.43. The highest BCUT2D eigenvalue weighted by Crippen LogP contribution is 2.38. The van der Waals surface area contributed by atoms with Crippen molar-refractivity contribution in [3.63, 3.8) is 0 Å². The van der Waals surface area contributed by atoms with E-state index in [2.05, 4.69) is 20.9 Å². The number of rotatable bonds is 8. The molecule has 0 aliphatic carbocycles. The van der Waals surface area contributed by atoms with E-state index in [0.717, 1.165) is 5.56 Å². The van der Waals surface area contributed by atoms with E-state index >= 15 is 0 Å². The zero-order valence-electron chi connectivity index (χ0n) is 23.1. The van der Waals surface area contributed by atoms with Crippen LogP contribution in [-0.4, -0.2) is 24.3 Å². The van der Waals surface area contributed by atoms with Gasteiger partial charge in [0.25, 0.3) is 5.56 Å². The molecule has 0 unspecified atom stereocenters. The number of fused-ring (bicyclic) bond motifs is 1. The average Bonchev–Trinajstić information content (AvgIpc) is 3.27. The summed E-state index contributed by atoms with van der Waals surface area (Å²) in [5.74, 6) is -0.104. The molecule has 0 N–H and O–H groups in total. The molecular formula is C31H24BrCl2FN2O5S. The lowest BCUT2D eigenvalue weighted by molar-refractivity contribution is -0.139. The van der Waals surface area contributed by atoms with E-state index in [1.807, 2.05) is 6.07 Å². The largest absolute Gasteiger partial charge is 0.493 e. The monoisotopic (exact) mass is 704 g/mol. The molecule has 1 aliphatic rings. The number of esters is 1. The van der Waals surface area contributed by atoms with Crippen LogP contribution in [0.4, 0.5) is 4.39 Å². The lowest BCUT2D eigenvalue weighted by Gasteiger charge is -2.24. The van der Waals surface area contributed by atoms with Crippen LogP contribution < -0.4 is 24.4 Å². The minimum absolute atomic E-state index is 0.153. The van der Waals surface area contributed by atoms with Crippen LogP contribution in [0.25, 0.3) is 6.08 Å². The zero-order chi connectivity index (χ0) is 30.8. The Kier molecular flexibility index (Phi) is 9.41. The molecule has 12 heteroatoms. The van der Waals surface area contributed by atoms with Gasteiger partial charge in [-0.15, -0.1) is 0 Å². The van der Waals surface area contributed by atoms with Gasteiger partial charge in [-0.25, -0.2) is 14.2 Å². The fourth-order valence-electron chi connectivity index (χ4n) is 4.65. The van der Waals surface area contributed by atoms with Gasteiger partial charge in [0, 0.05) is 0 Å². The number of aromatic nitrogens is 1. The first-order chi connectivity index (χ1) is 20.6. The van der Waals surface area contributed by atoms with E-state index in [-0.39, 0.29) is 24.3 Å². The molecule has 222 valence electrons. The first kappa shape index (κ1) is 31.0. The summed E-state index contributed by atoms with van der Waals surface area (Å²) in [7, 11) is 1.52. The molecule has 0 saturated carbocycles. The Morgan fingerprint density at radius 2 is 1.88 bits per heavy atom. The molecule has 1 atom stereocenters. The third-order valence-electron chi connectivity index (χ3n) is 6.62. The number of ether oxygens (including phenoxy) is 3. The van der Waals surface area contributed by atoms with Crippen molar-refractivity contribution in [2.24, 2.45) is 4.99 Å². The summed E-state index contributed by atoms with van der Waals surface area (Å²) in [5, 5.41) is 0.881. The number of benzene rings is 3. The van der Waals surface area contributed by atoms with Gasteiger partial charge in [0.15, 0.2) is 16.3 Å². The van der Waals surface area contributed by atoms with Gasteiger partial charge in [-0.2, -0.15) is 0 Å². The molecule has 1 aromatic heterocycles. The summed E-state index contributed by atoms with van der Waals surface area (Å²) in [4.78, 5) is 31.9. The highest BCUT2D eigenvalue weighted by atomic mass is 79.9. The first-order valence-corrected chi connectivity index (χ1v) is 15.4. The molecule has 1 aliphatic heterocycles. The van der Waals surface area contributed by atoms with Crippen LogP contribution in [-0.2, 0) is 16.1 Å². The lowest BCUT2D eigenvalue weighted by Crippen LogP contribution is -2.39. The normalized spacial score (nSPS) is 14.8. The predicted molar refractivity (Wildman–Crippen MR) is 168 cm³/mol. The standard InChI is InChI=1S/C31H24BrCl2FN2O5S/c1-4-41-30(39)26-16(2)36-31-37(27(26)19-6-8-20(35)9-7-19)29(38)25(43-31)14-18-11-21(32)28(24(13-18)40-3)42-15-17-5-10-22(33)23(34)12-17/h5-14,27H,4,15H2,1-3H3/b25-14-/t27-/m0/s1. The minimum Gasteiger partial charge on any atom is -0.493 e. The second-order valence-corrected chi connectivity index (χ2v) is 12.1. The summed E-state index contributed by atoms with van der Waals surface area (Å²) in [6.45, 7) is 3.76. The maximum Gasteiger partial charge on any atom is 0.338 e. The number of allylic oxidation sites excluding steroid dienone is 1. The fraction of sp³-hybridized carbons (Fsp3) is 0.194. The van der Waals surface area contributed by atoms with Crippen LogP contribution in [0.3, 0.4) is 0 Å². The van der Waals surface area contributed by atoms with Crippen LogP contribution in [0.15, 0.2) is 80.1 Å². The molecule has 0 amide bonds. The number of halogens is 4. The number of carbonyl (C=O) groups is 1. The van der Waals surface area contributed by atoms with Crippen molar-refractivity contribution in [3.8, 4) is 11.5 Å². The van der Waals surface area contributed by atoms with Gasteiger partial charge in [0.1, 0.15) is 12.4 Å². The first-order valence-electron chi connectivity index (χ1n) is 13.0. The van der Waals surface area contributed by atoms with Gasteiger partial charge in [-0.1, -0.05) is 52.7 Å². The Hall–Kier alpha value is -3.44.